The molecule has 2 aliphatic heterocycles. The van der Waals surface area contributed by atoms with Crippen molar-refractivity contribution < 1.29 is 14.6 Å². The molecule has 0 amide bonds. The van der Waals surface area contributed by atoms with E-state index in [0.717, 1.165) is 43.8 Å². The van der Waals surface area contributed by atoms with Crippen molar-refractivity contribution >= 4 is 28.8 Å². The summed E-state index contributed by atoms with van der Waals surface area (Å²) in [5.41, 5.74) is 0.197. The largest absolute Gasteiger partial charge is 0.346 e. The molecule has 0 unspecified atom stereocenters. The van der Waals surface area contributed by atoms with Crippen LogP contribution in [0.15, 0.2) is 48.5 Å². The average molecular weight is 387 g/mol. The van der Waals surface area contributed by atoms with Gasteiger partial charge >= 0.3 is 0 Å². The molecule has 0 aliphatic carbocycles. The first-order valence-corrected chi connectivity index (χ1v) is 9.51. The van der Waals surface area contributed by atoms with Crippen LogP contribution in [0.2, 0.25) is 5.02 Å². The van der Waals surface area contributed by atoms with Crippen LogP contribution in [-0.2, 0) is 5.72 Å². The third-order valence-corrected chi connectivity index (χ3v) is 5.64. The standard InChI is InChI=1S/C20H21ClN3O3/c21-16-8-10-17(11-9-16)22-14-20(25,23-12-3-1-2-7-19(22)23)15-5-4-6-18(13-15)24(26)27/h4-6,8-11,13,25H,1-3,7,12,14H2/q+1/t20-/m1/s1. The number of rotatable bonds is 3. The number of hydrogen-bond acceptors (Lipinski definition) is 4. The molecule has 0 radical (unpaired) electrons. The summed E-state index contributed by atoms with van der Waals surface area (Å²) in [5, 5.41) is 23.6. The number of non-ortho nitro benzene ring substituents is 1. The Labute approximate surface area is 162 Å². The van der Waals surface area contributed by atoms with E-state index in [2.05, 4.69) is 4.90 Å². The highest BCUT2D eigenvalue weighted by molar-refractivity contribution is 6.30. The number of aliphatic hydroxyl groups is 1. The lowest BCUT2D eigenvalue weighted by Gasteiger charge is -2.23. The number of nitrogens with zero attached hydrogens (tertiary/aromatic N) is 3. The molecule has 0 fully saturated rings. The minimum atomic E-state index is -1.30. The van der Waals surface area contributed by atoms with Crippen molar-refractivity contribution in [2.75, 3.05) is 18.0 Å². The van der Waals surface area contributed by atoms with Crippen molar-refractivity contribution in [1.29, 1.82) is 0 Å². The van der Waals surface area contributed by atoms with Crippen molar-refractivity contribution in [3.63, 3.8) is 0 Å². The van der Waals surface area contributed by atoms with Gasteiger partial charge in [-0.05, 0) is 43.5 Å². The van der Waals surface area contributed by atoms with E-state index in [4.69, 9.17) is 11.6 Å². The molecule has 0 aromatic heterocycles. The smallest absolute Gasteiger partial charge is 0.271 e. The average Bonchev–Trinajstić information content (AvgIpc) is 2.83. The lowest BCUT2D eigenvalue weighted by atomic mass is 10.0. The van der Waals surface area contributed by atoms with Crippen molar-refractivity contribution in [2.24, 2.45) is 0 Å². The van der Waals surface area contributed by atoms with Crippen molar-refractivity contribution in [3.8, 4) is 0 Å². The Morgan fingerprint density at radius 3 is 2.67 bits per heavy atom. The molecule has 0 saturated carbocycles. The van der Waals surface area contributed by atoms with Gasteiger partial charge < -0.3 is 5.11 Å². The molecule has 4 rings (SSSR count). The van der Waals surface area contributed by atoms with Crippen LogP contribution in [0.3, 0.4) is 0 Å². The number of nitro benzene ring substituents is 1. The first-order valence-electron chi connectivity index (χ1n) is 9.13. The fraction of sp³-hybridized carbons (Fsp3) is 0.350. The van der Waals surface area contributed by atoms with E-state index in [0.29, 0.717) is 17.1 Å². The number of anilines is 1. The van der Waals surface area contributed by atoms with Crippen LogP contribution < -0.4 is 4.90 Å². The van der Waals surface area contributed by atoms with Gasteiger partial charge in [-0.2, -0.15) is 0 Å². The summed E-state index contributed by atoms with van der Waals surface area (Å²) in [5.74, 6) is 1.06. The first kappa shape index (κ1) is 17.9. The van der Waals surface area contributed by atoms with E-state index < -0.39 is 10.6 Å². The Hall–Kier alpha value is -2.44. The maximum atomic E-state index is 11.7. The second kappa shape index (κ2) is 6.94. The van der Waals surface area contributed by atoms with Crippen LogP contribution in [0.5, 0.6) is 0 Å². The van der Waals surface area contributed by atoms with Crippen LogP contribution in [0, 0.1) is 10.1 Å². The Bertz CT molecular complexity index is 913. The molecule has 27 heavy (non-hydrogen) atoms. The van der Waals surface area contributed by atoms with E-state index in [1.54, 1.807) is 12.1 Å². The predicted octanol–water partition coefficient (Wildman–Crippen LogP) is 3.90. The maximum absolute atomic E-state index is 11.7. The summed E-state index contributed by atoms with van der Waals surface area (Å²) in [7, 11) is 0. The minimum Gasteiger partial charge on any atom is -0.346 e. The molecular weight excluding hydrogens is 366 g/mol. The summed E-state index contributed by atoms with van der Waals surface area (Å²) in [4.78, 5) is 12.9. The van der Waals surface area contributed by atoms with Gasteiger partial charge in [0.25, 0.3) is 17.2 Å². The van der Waals surface area contributed by atoms with Gasteiger partial charge in [0, 0.05) is 29.1 Å². The number of halogens is 1. The molecular formula is C20H21ClN3O3+. The fourth-order valence-electron chi connectivity index (χ4n) is 4.05. The van der Waals surface area contributed by atoms with E-state index in [-0.39, 0.29) is 5.69 Å². The lowest BCUT2D eigenvalue weighted by Crippen LogP contribution is -2.41. The highest BCUT2D eigenvalue weighted by Crippen LogP contribution is 2.36. The molecule has 0 spiro atoms. The summed E-state index contributed by atoms with van der Waals surface area (Å²) in [6.45, 7) is 1.05. The number of nitro groups is 1. The van der Waals surface area contributed by atoms with Crippen molar-refractivity contribution in [2.45, 2.75) is 31.4 Å². The van der Waals surface area contributed by atoms with Gasteiger partial charge in [-0.15, -0.1) is 0 Å². The van der Waals surface area contributed by atoms with Gasteiger partial charge in [0.15, 0.2) is 6.54 Å². The van der Waals surface area contributed by atoms with Crippen LogP contribution in [0.4, 0.5) is 11.4 Å². The zero-order valence-electron chi connectivity index (χ0n) is 14.8. The molecule has 0 saturated heterocycles. The second-order valence-corrected chi connectivity index (χ2v) is 7.50. The number of hydrogen-bond donors (Lipinski definition) is 1. The summed E-state index contributed by atoms with van der Waals surface area (Å²) in [6, 6.07) is 13.9. The van der Waals surface area contributed by atoms with E-state index >= 15 is 0 Å². The Kier molecular flexibility index (Phi) is 4.61. The molecule has 2 aromatic rings. The van der Waals surface area contributed by atoms with Crippen LogP contribution in [-0.4, -0.2) is 33.5 Å². The molecule has 6 nitrogen and oxygen atoms in total. The number of amidine groups is 1. The Morgan fingerprint density at radius 1 is 1.15 bits per heavy atom. The summed E-state index contributed by atoms with van der Waals surface area (Å²) in [6.07, 6.45) is 4.00. The second-order valence-electron chi connectivity index (χ2n) is 7.07. The third-order valence-electron chi connectivity index (χ3n) is 5.39. The SMILES string of the molecule is O=[N+]([O-])c1cccc([C@]2(O)CN(c3ccc(Cl)cc3)C3=[N+]2CCCCC3)c1. The zero-order chi connectivity index (χ0) is 19.0. The first-order chi connectivity index (χ1) is 13.0. The summed E-state index contributed by atoms with van der Waals surface area (Å²) >= 11 is 6.03. The zero-order valence-corrected chi connectivity index (χ0v) is 15.6. The molecule has 0 bridgehead atoms. The van der Waals surface area contributed by atoms with Gasteiger partial charge in [-0.3, -0.25) is 10.1 Å². The van der Waals surface area contributed by atoms with Gasteiger partial charge in [-0.1, -0.05) is 23.7 Å². The van der Waals surface area contributed by atoms with Crippen molar-refractivity contribution in [1.82, 2.24) is 0 Å². The quantitative estimate of drug-likeness (QED) is 0.493. The van der Waals surface area contributed by atoms with E-state index in [9.17, 15) is 15.2 Å². The molecule has 2 heterocycles. The number of β-amino-alcohol motifs (C(OH)–C–C–N with tert-alkyl or cyclic N) is 1. The molecule has 1 N–H and O–H groups in total. The highest BCUT2D eigenvalue weighted by atomic mass is 35.5. The van der Waals surface area contributed by atoms with Gasteiger partial charge in [0.2, 0.25) is 0 Å². The topological polar surface area (TPSA) is 69.6 Å². The molecule has 140 valence electrons. The maximum Gasteiger partial charge on any atom is 0.271 e. The van der Waals surface area contributed by atoms with Crippen LogP contribution in [0.1, 0.15) is 31.2 Å². The molecule has 2 aliphatic rings. The lowest BCUT2D eigenvalue weighted by molar-refractivity contribution is -0.658. The monoisotopic (exact) mass is 386 g/mol. The van der Waals surface area contributed by atoms with Crippen molar-refractivity contribution in [3.05, 3.63) is 69.2 Å². The molecule has 2 aromatic carbocycles. The predicted molar refractivity (Wildman–Crippen MR) is 104 cm³/mol. The van der Waals surface area contributed by atoms with E-state index in [1.807, 2.05) is 28.8 Å². The Balaban J connectivity index is 1.81. The molecule has 1 atom stereocenters. The van der Waals surface area contributed by atoms with Gasteiger partial charge in [0.1, 0.15) is 5.69 Å². The number of benzene rings is 2. The van der Waals surface area contributed by atoms with Gasteiger partial charge in [0.05, 0.1) is 11.5 Å². The van der Waals surface area contributed by atoms with Crippen LogP contribution in [0.25, 0.3) is 0 Å². The normalized spacial score (nSPS) is 22.5. The Morgan fingerprint density at radius 2 is 1.93 bits per heavy atom. The molecule has 7 heteroatoms. The highest BCUT2D eigenvalue weighted by Gasteiger charge is 2.52. The van der Waals surface area contributed by atoms with Crippen LogP contribution >= 0.6 is 11.6 Å². The minimum absolute atomic E-state index is 0.0118. The van der Waals surface area contributed by atoms with Gasteiger partial charge in [-0.25, -0.2) is 9.48 Å². The van der Waals surface area contributed by atoms with E-state index in [1.165, 1.54) is 12.1 Å². The third kappa shape index (κ3) is 3.19. The fourth-order valence-corrected chi connectivity index (χ4v) is 4.17. The summed E-state index contributed by atoms with van der Waals surface area (Å²) < 4.78 is 2.02.